The van der Waals surface area contributed by atoms with E-state index in [1.54, 1.807) is 0 Å². The predicted octanol–water partition coefficient (Wildman–Crippen LogP) is 3.18. The zero-order chi connectivity index (χ0) is 15.4. The van der Waals surface area contributed by atoms with Crippen LogP contribution < -0.4 is 5.32 Å². The van der Waals surface area contributed by atoms with E-state index in [0.29, 0.717) is 5.56 Å². The molecule has 2 rings (SSSR count). The molecule has 0 aliphatic carbocycles. The lowest BCUT2D eigenvalue weighted by Crippen LogP contribution is -2.26. The fourth-order valence-electron chi connectivity index (χ4n) is 1.98. The van der Waals surface area contributed by atoms with Gasteiger partial charge in [0.1, 0.15) is 0 Å². The van der Waals surface area contributed by atoms with Gasteiger partial charge in [0.25, 0.3) is 5.91 Å². The number of aryl methyl sites for hydroxylation is 1. The summed E-state index contributed by atoms with van der Waals surface area (Å²) in [5.41, 5.74) is 2.80. The minimum atomic E-state index is -1.00. The second-order valence-corrected chi connectivity index (χ2v) is 4.99. The molecule has 2 aromatic carbocycles. The van der Waals surface area contributed by atoms with Crippen LogP contribution in [0.25, 0.3) is 0 Å². The van der Waals surface area contributed by atoms with Crippen molar-refractivity contribution in [3.05, 3.63) is 70.8 Å². The first-order valence-corrected chi connectivity index (χ1v) is 6.68. The minimum absolute atomic E-state index is 0.114. The van der Waals surface area contributed by atoms with Crippen LogP contribution in [-0.2, 0) is 0 Å². The van der Waals surface area contributed by atoms with Crippen LogP contribution >= 0.6 is 0 Å². The van der Waals surface area contributed by atoms with Gasteiger partial charge in [-0.1, -0.05) is 29.8 Å². The van der Waals surface area contributed by atoms with Gasteiger partial charge < -0.3 is 10.4 Å². The van der Waals surface area contributed by atoms with Crippen molar-refractivity contribution in [2.24, 2.45) is 0 Å². The van der Waals surface area contributed by atoms with Crippen LogP contribution in [0.4, 0.5) is 0 Å². The zero-order valence-electron chi connectivity index (χ0n) is 12.0. The molecule has 0 aliphatic heterocycles. The van der Waals surface area contributed by atoms with Crippen LogP contribution in [0.3, 0.4) is 0 Å². The van der Waals surface area contributed by atoms with Gasteiger partial charge in [-0.2, -0.15) is 0 Å². The third-order valence-corrected chi connectivity index (χ3v) is 3.32. The first-order chi connectivity index (χ1) is 9.97. The van der Waals surface area contributed by atoms with Crippen LogP contribution in [0, 0.1) is 6.92 Å². The fraction of sp³-hybridized carbons (Fsp3) is 0.176. The van der Waals surface area contributed by atoms with E-state index in [0.717, 1.165) is 5.56 Å². The molecule has 0 fully saturated rings. The molecule has 0 bridgehead atoms. The highest BCUT2D eigenvalue weighted by Gasteiger charge is 2.12. The van der Waals surface area contributed by atoms with E-state index >= 15 is 0 Å². The lowest BCUT2D eigenvalue weighted by atomic mass is 10.1. The van der Waals surface area contributed by atoms with Gasteiger partial charge in [0.15, 0.2) is 0 Å². The number of carbonyl (C=O) groups is 2. The highest BCUT2D eigenvalue weighted by atomic mass is 16.4. The Hall–Kier alpha value is -2.62. The first kappa shape index (κ1) is 14.8. The van der Waals surface area contributed by atoms with Crippen LogP contribution in [-0.4, -0.2) is 17.0 Å². The van der Waals surface area contributed by atoms with Crippen molar-refractivity contribution in [1.29, 1.82) is 0 Å². The Morgan fingerprint density at radius 3 is 2.00 bits per heavy atom. The molecule has 1 amide bonds. The number of nitrogens with one attached hydrogen (secondary N) is 1. The quantitative estimate of drug-likeness (QED) is 0.905. The minimum Gasteiger partial charge on any atom is -0.478 e. The summed E-state index contributed by atoms with van der Waals surface area (Å²) in [5.74, 6) is -1.23. The normalized spacial score (nSPS) is 11.7. The maximum atomic E-state index is 12.1. The van der Waals surface area contributed by atoms with E-state index < -0.39 is 5.97 Å². The molecular formula is C17H17NO3. The second kappa shape index (κ2) is 6.22. The Balaban J connectivity index is 2.06. The lowest BCUT2D eigenvalue weighted by molar-refractivity contribution is 0.0696. The van der Waals surface area contributed by atoms with E-state index in [1.807, 2.05) is 38.1 Å². The molecule has 1 unspecified atom stereocenters. The van der Waals surface area contributed by atoms with Crippen molar-refractivity contribution in [3.8, 4) is 0 Å². The van der Waals surface area contributed by atoms with Gasteiger partial charge in [0.05, 0.1) is 11.6 Å². The Morgan fingerprint density at radius 1 is 0.952 bits per heavy atom. The molecule has 0 saturated carbocycles. The van der Waals surface area contributed by atoms with Gasteiger partial charge in [-0.05, 0) is 43.7 Å². The molecule has 2 N–H and O–H groups in total. The number of carboxylic acid groups (broad SMARTS) is 1. The van der Waals surface area contributed by atoms with E-state index in [2.05, 4.69) is 5.32 Å². The van der Waals surface area contributed by atoms with Crippen LogP contribution in [0.1, 0.15) is 44.8 Å². The van der Waals surface area contributed by atoms with Gasteiger partial charge >= 0.3 is 5.97 Å². The van der Waals surface area contributed by atoms with E-state index in [9.17, 15) is 9.59 Å². The number of benzene rings is 2. The first-order valence-electron chi connectivity index (χ1n) is 6.68. The Labute approximate surface area is 123 Å². The molecule has 0 aliphatic rings. The van der Waals surface area contributed by atoms with Crippen molar-refractivity contribution in [2.75, 3.05) is 0 Å². The Morgan fingerprint density at radius 2 is 1.48 bits per heavy atom. The SMILES string of the molecule is Cc1ccc(C(C)NC(=O)c2ccc(C(=O)O)cc2)cc1. The number of hydrogen-bond donors (Lipinski definition) is 2. The van der Waals surface area contributed by atoms with Crippen molar-refractivity contribution < 1.29 is 14.7 Å². The van der Waals surface area contributed by atoms with Gasteiger partial charge in [0.2, 0.25) is 0 Å². The molecule has 21 heavy (non-hydrogen) atoms. The molecule has 0 saturated heterocycles. The second-order valence-electron chi connectivity index (χ2n) is 4.99. The monoisotopic (exact) mass is 283 g/mol. The number of aromatic carboxylic acids is 1. The maximum Gasteiger partial charge on any atom is 0.335 e. The molecular weight excluding hydrogens is 266 g/mol. The molecule has 4 heteroatoms. The number of hydrogen-bond acceptors (Lipinski definition) is 2. The summed E-state index contributed by atoms with van der Waals surface area (Å²) in [6.07, 6.45) is 0. The van der Waals surface area contributed by atoms with Crippen molar-refractivity contribution in [3.63, 3.8) is 0 Å². The number of rotatable bonds is 4. The Bertz CT molecular complexity index is 645. The van der Waals surface area contributed by atoms with Crippen molar-refractivity contribution in [1.82, 2.24) is 5.32 Å². The van der Waals surface area contributed by atoms with Crippen LogP contribution in [0.15, 0.2) is 48.5 Å². The summed E-state index contributed by atoms with van der Waals surface area (Å²) in [4.78, 5) is 22.9. The standard InChI is InChI=1S/C17H17NO3/c1-11-3-5-13(6-4-11)12(2)18-16(19)14-7-9-15(10-8-14)17(20)21/h3-10,12H,1-2H3,(H,18,19)(H,20,21). The molecule has 4 nitrogen and oxygen atoms in total. The number of carbonyl (C=O) groups excluding carboxylic acids is 1. The van der Waals surface area contributed by atoms with Gasteiger partial charge in [-0.25, -0.2) is 4.79 Å². The molecule has 2 aromatic rings. The van der Waals surface area contributed by atoms with Crippen molar-refractivity contribution in [2.45, 2.75) is 19.9 Å². The highest BCUT2D eigenvalue weighted by Crippen LogP contribution is 2.14. The molecule has 0 spiro atoms. The topological polar surface area (TPSA) is 66.4 Å². The van der Waals surface area contributed by atoms with Crippen molar-refractivity contribution >= 4 is 11.9 Å². The number of amides is 1. The average Bonchev–Trinajstić information content (AvgIpc) is 2.47. The molecule has 1 atom stereocenters. The summed E-state index contributed by atoms with van der Waals surface area (Å²) in [5, 5.41) is 11.7. The smallest absolute Gasteiger partial charge is 0.335 e. The Kier molecular flexibility index (Phi) is 4.38. The molecule has 0 heterocycles. The lowest BCUT2D eigenvalue weighted by Gasteiger charge is -2.14. The molecule has 0 aromatic heterocycles. The van der Waals surface area contributed by atoms with Crippen LogP contribution in [0.2, 0.25) is 0 Å². The summed E-state index contributed by atoms with van der Waals surface area (Å²) in [6, 6.07) is 13.7. The predicted molar refractivity (Wildman–Crippen MR) is 80.5 cm³/mol. The summed E-state index contributed by atoms with van der Waals surface area (Å²) in [6.45, 7) is 3.92. The summed E-state index contributed by atoms with van der Waals surface area (Å²) < 4.78 is 0. The molecule has 108 valence electrons. The third kappa shape index (κ3) is 3.69. The fourth-order valence-corrected chi connectivity index (χ4v) is 1.98. The van der Waals surface area contributed by atoms with Gasteiger partial charge in [0, 0.05) is 5.56 Å². The van der Waals surface area contributed by atoms with Crippen LogP contribution in [0.5, 0.6) is 0 Å². The number of carboxylic acids is 1. The highest BCUT2D eigenvalue weighted by molar-refractivity contribution is 5.96. The summed E-state index contributed by atoms with van der Waals surface area (Å²) >= 11 is 0. The van der Waals surface area contributed by atoms with E-state index in [-0.39, 0.29) is 17.5 Å². The third-order valence-electron chi connectivity index (χ3n) is 3.32. The zero-order valence-corrected chi connectivity index (χ0v) is 12.0. The largest absolute Gasteiger partial charge is 0.478 e. The van der Waals surface area contributed by atoms with Gasteiger partial charge in [-0.3, -0.25) is 4.79 Å². The van der Waals surface area contributed by atoms with E-state index in [1.165, 1.54) is 29.8 Å². The van der Waals surface area contributed by atoms with Gasteiger partial charge in [-0.15, -0.1) is 0 Å². The summed E-state index contributed by atoms with van der Waals surface area (Å²) in [7, 11) is 0. The molecule has 0 radical (unpaired) electrons. The van der Waals surface area contributed by atoms with E-state index in [4.69, 9.17) is 5.11 Å². The maximum absolute atomic E-state index is 12.1. The average molecular weight is 283 g/mol.